The molecule has 3 fully saturated rings. The van der Waals surface area contributed by atoms with Gasteiger partial charge in [-0.05, 0) is 49.9 Å². The molecule has 0 radical (unpaired) electrons. The molecule has 1 spiro atoms. The lowest BCUT2D eigenvalue weighted by atomic mass is 9.57. The molecule has 34 heavy (non-hydrogen) atoms. The van der Waals surface area contributed by atoms with Gasteiger partial charge in [-0.1, -0.05) is 11.6 Å². The second-order valence-corrected chi connectivity index (χ2v) is 10.9. The average molecular weight is 478 g/mol. The van der Waals surface area contributed by atoms with Gasteiger partial charge in [0.05, 0.1) is 24.5 Å². The van der Waals surface area contributed by atoms with Crippen molar-refractivity contribution >= 4 is 17.4 Å². The van der Waals surface area contributed by atoms with Crippen LogP contribution >= 0.6 is 11.6 Å². The van der Waals surface area contributed by atoms with Crippen molar-refractivity contribution in [2.45, 2.75) is 51.2 Å². The first-order valence-electron chi connectivity index (χ1n) is 12.2. The van der Waals surface area contributed by atoms with Crippen LogP contribution in [0.25, 0.3) is 5.69 Å². The molecular weight excluding hydrogens is 450 g/mol. The smallest absolute Gasteiger partial charge is 0.151 e. The molecule has 7 rings (SSSR count). The molecule has 0 N–H and O–H groups in total. The molecule has 0 amide bonds. The summed E-state index contributed by atoms with van der Waals surface area (Å²) in [6.45, 7) is 7.38. The fourth-order valence-electron chi connectivity index (χ4n) is 6.43. The van der Waals surface area contributed by atoms with Crippen molar-refractivity contribution in [3.05, 3.63) is 58.5 Å². The van der Waals surface area contributed by atoms with E-state index in [0.29, 0.717) is 17.4 Å². The molecular formula is C25H28ClN7O. The number of halogens is 1. The minimum absolute atomic E-state index is 0.363. The van der Waals surface area contributed by atoms with Crippen molar-refractivity contribution in [2.24, 2.45) is 5.41 Å². The number of hydrogen-bond acceptors (Lipinski definition) is 7. The van der Waals surface area contributed by atoms with Gasteiger partial charge < -0.3 is 9.64 Å². The van der Waals surface area contributed by atoms with E-state index in [1.54, 1.807) is 12.4 Å². The monoisotopic (exact) mass is 477 g/mol. The number of aryl methyl sites for hydroxylation is 1. The van der Waals surface area contributed by atoms with E-state index in [0.717, 1.165) is 86.8 Å². The number of fused-ring (bicyclic) bond motifs is 3. The number of rotatable bonds is 3. The highest BCUT2D eigenvalue weighted by Gasteiger charge is 2.54. The van der Waals surface area contributed by atoms with Gasteiger partial charge in [0.1, 0.15) is 11.6 Å². The Hall–Kier alpha value is -2.55. The Morgan fingerprint density at radius 2 is 1.94 bits per heavy atom. The summed E-state index contributed by atoms with van der Waals surface area (Å²) in [5.74, 6) is 3.57. The number of hydrogen-bond donors (Lipinski definition) is 0. The van der Waals surface area contributed by atoms with Crippen molar-refractivity contribution in [3.63, 3.8) is 0 Å². The second kappa shape index (κ2) is 7.73. The maximum atomic E-state index is 6.42. The van der Waals surface area contributed by atoms with Gasteiger partial charge in [0.25, 0.3) is 0 Å². The SMILES string of the molecule is Cc1nccnc1N1CC2(CC(c3nnc4n3-c3ccc(Cl)cc3CN([C@H]3CCOC3)C4)C2)C1. The Labute approximate surface area is 203 Å². The van der Waals surface area contributed by atoms with E-state index in [-0.39, 0.29) is 0 Å². The van der Waals surface area contributed by atoms with Crippen LogP contribution in [-0.4, -0.2) is 62.0 Å². The lowest BCUT2D eigenvalue weighted by Gasteiger charge is -2.59. The van der Waals surface area contributed by atoms with Crippen LogP contribution in [0.4, 0.5) is 5.82 Å². The number of ether oxygens (including phenoxy) is 1. The summed E-state index contributed by atoms with van der Waals surface area (Å²) in [5, 5.41) is 10.2. The van der Waals surface area contributed by atoms with Crippen LogP contribution in [-0.2, 0) is 17.8 Å². The molecule has 1 saturated carbocycles. The van der Waals surface area contributed by atoms with Gasteiger partial charge >= 0.3 is 0 Å². The van der Waals surface area contributed by atoms with E-state index in [1.807, 2.05) is 13.0 Å². The van der Waals surface area contributed by atoms with E-state index < -0.39 is 0 Å². The summed E-state index contributed by atoms with van der Waals surface area (Å²) in [6, 6.07) is 6.64. The highest BCUT2D eigenvalue weighted by Crippen LogP contribution is 2.56. The summed E-state index contributed by atoms with van der Waals surface area (Å²) in [5.41, 5.74) is 3.78. The number of aromatic nitrogens is 5. The standard InChI is InChI=1S/C25H28ClN7O/c1-16-23(28-6-5-27-16)32-14-25(15-32)9-18(10-25)24-30-29-22-12-31(20-4-7-34-13-20)11-17-8-19(26)2-3-21(17)33(22)24/h2-3,5-6,8,18,20H,4,7,9-15H2,1H3/t20-/m0/s1. The third-order valence-electron chi connectivity index (χ3n) is 8.11. The first-order chi connectivity index (χ1) is 16.6. The molecule has 1 atom stereocenters. The Morgan fingerprint density at radius 1 is 1.09 bits per heavy atom. The number of benzene rings is 1. The normalized spacial score (nSPS) is 23.8. The number of anilines is 1. The molecule has 3 aliphatic heterocycles. The third kappa shape index (κ3) is 3.26. The van der Waals surface area contributed by atoms with Crippen LogP contribution in [0, 0.1) is 12.3 Å². The van der Waals surface area contributed by atoms with Crippen LogP contribution < -0.4 is 4.90 Å². The molecule has 1 aromatic carbocycles. The zero-order valence-corrected chi connectivity index (χ0v) is 20.1. The first-order valence-corrected chi connectivity index (χ1v) is 12.5. The predicted octanol–water partition coefficient (Wildman–Crippen LogP) is 3.51. The number of nitrogens with zero attached hydrogens (tertiary/aromatic N) is 7. The first kappa shape index (κ1) is 20.8. The molecule has 3 aromatic rings. The molecule has 8 nitrogen and oxygen atoms in total. The van der Waals surface area contributed by atoms with Crippen molar-refractivity contribution in [2.75, 3.05) is 31.2 Å². The molecule has 176 valence electrons. The molecule has 0 unspecified atom stereocenters. The van der Waals surface area contributed by atoms with Gasteiger partial charge in [0, 0.05) is 61.0 Å². The van der Waals surface area contributed by atoms with Crippen LogP contribution in [0.1, 0.15) is 48.1 Å². The van der Waals surface area contributed by atoms with Crippen LogP contribution in [0.5, 0.6) is 0 Å². The largest absolute Gasteiger partial charge is 0.380 e. The van der Waals surface area contributed by atoms with Crippen molar-refractivity contribution in [1.29, 1.82) is 0 Å². The van der Waals surface area contributed by atoms with Gasteiger partial charge in [-0.15, -0.1) is 10.2 Å². The van der Waals surface area contributed by atoms with E-state index in [2.05, 4.69) is 36.5 Å². The fraction of sp³-hybridized carbons (Fsp3) is 0.520. The van der Waals surface area contributed by atoms with Crippen LogP contribution in [0.15, 0.2) is 30.6 Å². The highest BCUT2D eigenvalue weighted by atomic mass is 35.5. The molecule has 4 aliphatic rings. The van der Waals surface area contributed by atoms with Gasteiger partial charge in [0.15, 0.2) is 5.82 Å². The van der Waals surface area contributed by atoms with E-state index in [9.17, 15) is 0 Å². The molecule has 2 aromatic heterocycles. The molecule has 1 aliphatic carbocycles. The maximum absolute atomic E-state index is 6.42. The summed E-state index contributed by atoms with van der Waals surface area (Å²) >= 11 is 6.42. The van der Waals surface area contributed by atoms with E-state index in [1.165, 1.54) is 11.3 Å². The maximum Gasteiger partial charge on any atom is 0.151 e. The zero-order valence-electron chi connectivity index (χ0n) is 19.3. The minimum Gasteiger partial charge on any atom is -0.380 e. The second-order valence-electron chi connectivity index (χ2n) is 10.4. The predicted molar refractivity (Wildman–Crippen MR) is 128 cm³/mol. The Bertz CT molecular complexity index is 1240. The zero-order chi connectivity index (χ0) is 22.9. The summed E-state index contributed by atoms with van der Waals surface area (Å²) in [7, 11) is 0. The Morgan fingerprint density at radius 3 is 2.74 bits per heavy atom. The summed E-state index contributed by atoms with van der Waals surface area (Å²) in [4.78, 5) is 13.8. The van der Waals surface area contributed by atoms with Crippen LogP contribution in [0.3, 0.4) is 0 Å². The summed E-state index contributed by atoms with van der Waals surface area (Å²) in [6.07, 6.45) is 6.89. The van der Waals surface area contributed by atoms with Crippen molar-refractivity contribution in [1.82, 2.24) is 29.6 Å². The fourth-order valence-corrected chi connectivity index (χ4v) is 6.63. The molecule has 5 heterocycles. The lowest BCUT2D eigenvalue weighted by Crippen LogP contribution is -2.62. The van der Waals surface area contributed by atoms with Crippen molar-refractivity contribution < 1.29 is 4.74 Å². The lowest BCUT2D eigenvalue weighted by molar-refractivity contribution is 0.0580. The van der Waals surface area contributed by atoms with Gasteiger partial charge in [-0.3, -0.25) is 14.5 Å². The average Bonchev–Trinajstić information content (AvgIpc) is 3.41. The van der Waals surface area contributed by atoms with E-state index in [4.69, 9.17) is 26.5 Å². The third-order valence-corrected chi connectivity index (χ3v) is 8.34. The highest BCUT2D eigenvalue weighted by molar-refractivity contribution is 6.30. The van der Waals surface area contributed by atoms with Gasteiger partial charge in [-0.2, -0.15) is 0 Å². The Kier molecular flexibility index (Phi) is 4.73. The molecule has 2 saturated heterocycles. The quantitative estimate of drug-likeness (QED) is 0.571. The van der Waals surface area contributed by atoms with E-state index >= 15 is 0 Å². The van der Waals surface area contributed by atoms with Gasteiger partial charge in [-0.25, -0.2) is 4.98 Å². The Balaban J connectivity index is 1.15. The van der Waals surface area contributed by atoms with Crippen LogP contribution in [0.2, 0.25) is 5.02 Å². The van der Waals surface area contributed by atoms with Crippen molar-refractivity contribution in [3.8, 4) is 5.69 Å². The topological polar surface area (TPSA) is 72.2 Å². The minimum atomic E-state index is 0.363. The summed E-state index contributed by atoms with van der Waals surface area (Å²) < 4.78 is 8.01. The van der Waals surface area contributed by atoms with Gasteiger partial charge in [0.2, 0.25) is 0 Å². The molecule has 0 bridgehead atoms. The molecule has 9 heteroatoms.